The maximum atomic E-state index is 10.9. The maximum absolute atomic E-state index is 10.9. The lowest BCUT2D eigenvalue weighted by Gasteiger charge is -2.08. The number of hydrogen-bond acceptors (Lipinski definition) is 3. The molecule has 2 heterocycles. The molecule has 94 valence electrons. The largest absolute Gasteiger partial charge is 0.478 e. The van der Waals surface area contributed by atoms with Crippen LogP contribution in [0.1, 0.15) is 10.4 Å². The van der Waals surface area contributed by atoms with Gasteiger partial charge >= 0.3 is 5.97 Å². The summed E-state index contributed by atoms with van der Waals surface area (Å²) in [5, 5.41) is 13.1. The number of carboxylic acids is 1. The van der Waals surface area contributed by atoms with E-state index in [-0.39, 0.29) is 5.56 Å². The summed E-state index contributed by atoms with van der Waals surface area (Å²) in [5.41, 5.74) is 2.66. The van der Waals surface area contributed by atoms with E-state index in [9.17, 15) is 4.79 Å². The third kappa shape index (κ3) is 2.13. The van der Waals surface area contributed by atoms with E-state index in [4.69, 9.17) is 5.11 Å². The van der Waals surface area contributed by atoms with Gasteiger partial charge in [0.15, 0.2) is 0 Å². The van der Waals surface area contributed by atoms with Gasteiger partial charge in [0.25, 0.3) is 0 Å². The van der Waals surface area contributed by atoms with Crippen LogP contribution >= 0.6 is 0 Å². The van der Waals surface area contributed by atoms with Crippen molar-refractivity contribution in [3.8, 4) is 0 Å². The summed E-state index contributed by atoms with van der Waals surface area (Å²) >= 11 is 0. The number of aromatic amines is 1. The lowest BCUT2D eigenvalue weighted by atomic mass is 10.2. The minimum Gasteiger partial charge on any atom is -0.478 e. The summed E-state index contributed by atoms with van der Waals surface area (Å²) in [6.45, 7) is 0. The number of pyridine rings is 1. The smallest absolute Gasteiger partial charge is 0.335 e. The molecule has 0 radical (unpaired) electrons. The number of H-pyrrole nitrogens is 1. The SMILES string of the molecule is O=C(O)c1cccc(Nc2ccnc3[nH]ccc23)c1. The van der Waals surface area contributed by atoms with Crippen LogP contribution in [0.25, 0.3) is 11.0 Å². The zero-order valence-corrected chi connectivity index (χ0v) is 9.92. The molecule has 0 atom stereocenters. The highest BCUT2D eigenvalue weighted by molar-refractivity contribution is 5.92. The van der Waals surface area contributed by atoms with Crippen molar-refractivity contribution < 1.29 is 9.90 Å². The van der Waals surface area contributed by atoms with Crippen LogP contribution < -0.4 is 5.32 Å². The maximum Gasteiger partial charge on any atom is 0.335 e. The molecule has 0 fully saturated rings. The van der Waals surface area contributed by atoms with Gasteiger partial charge in [-0.1, -0.05) is 6.07 Å². The number of rotatable bonds is 3. The number of carboxylic acid groups (broad SMARTS) is 1. The summed E-state index contributed by atoms with van der Waals surface area (Å²) in [7, 11) is 0. The van der Waals surface area contributed by atoms with Crippen molar-refractivity contribution >= 4 is 28.4 Å². The number of benzene rings is 1. The van der Waals surface area contributed by atoms with Crippen LogP contribution in [0.3, 0.4) is 0 Å². The number of nitrogens with one attached hydrogen (secondary N) is 2. The van der Waals surface area contributed by atoms with Gasteiger partial charge in [-0.2, -0.15) is 0 Å². The Morgan fingerprint density at radius 1 is 1.26 bits per heavy atom. The topological polar surface area (TPSA) is 78.0 Å². The number of nitrogens with zero attached hydrogens (tertiary/aromatic N) is 1. The zero-order valence-electron chi connectivity index (χ0n) is 9.92. The summed E-state index contributed by atoms with van der Waals surface area (Å²) in [6.07, 6.45) is 3.51. The number of aromatic carboxylic acids is 1. The van der Waals surface area contributed by atoms with Gasteiger partial charge in [0.1, 0.15) is 5.65 Å². The summed E-state index contributed by atoms with van der Waals surface area (Å²) < 4.78 is 0. The Morgan fingerprint density at radius 3 is 3.00 bits per heavy atom. The van der Waals surface area contributed by atoms with Crippen LogP contribution in [0.2, 0.25) is 0 Å². The predicted molar refractivity (Wildman–Crippen MR) is 72.8 cm³/mol. The Labute approximate surface area is 108 Å². The first-order valence-corrected chi connectivity index (χ1v) is 5.76. The third-order valence-electron chi connectivity index (χ3n) is 2.85. The minimum absolute atomic E-state index is 0.254. The first-order valence-electron chi connectivity index (χ1n) is 5.76. The highest BCUT2D eigenvalue weighted by Crippen LogP contribution is 2.24. The molecular weight excluding hydrogens is 242 g/mol. The van der Waals surface area contributed by atoms with Crippen LogP contribution in [0.15, 0.2) is 48.8 Å². The van der Waals surface area contributed by atoms with Gasteiger partial charge in [0.05, 0.1) is 11.3 Å². The second-order valence-electron chi connectivity index (χ2n) is 4.11. The van der Waals surface area contributed by atoms with Crippen molar-refractivity contribution in [1.29, 1.82) is 0 Å². The number of carbonyl (C=O) groups is 1. The van der Waals surface area contributed by atoms with E-state index >= 15 is 0 Å². The molecule has 5 heteroatoms. The molecule has 1 aromatic carbocycles. The van der Waals surface area contributed by atoms with Gasteiger partial charge in [-0.25, -0.2) is 9.78 Å². The molecule has 0 saturated heterocycles. The lowest BCUT2D eigenvalue weighted by Crippen LogP contribution is -1.98. The van der Waals surface area contributed by atoms with E-state index in [0.29, 0.717) is 0 Å². The van der Waals surface area contributed by atoms with Gasteiger partial charge in [-0.05, 0) is 30.3 Å². The van der Waals surface area contributed by atoms with Crippen LogP contribution in [0, 0.1) is 0 Å². The normalized spacial score (nSPS) is 10.5. The Balaban J connectivity index is 1.99. The van der Waals surface area contributed by atoms with Crippen LogP contribution in [-0.2, 0) is 0 Å². The predicted octanol–water partition coefficient (Wildman–Crippen LogP) is 3.00. The molecule has 3 N–H and O–H groups in total. The number of hydrogen-bond donors (Lipinski definition) is 3. The average Bonchev–Trinajstić information content (AvgIpc) is 2.88. The van der Waals surface area contributed by atoms with Gasteiger partial charge in [-0.15, -0.1) is 0 Å². The fourth-order valence-electron chi connectivity index (χ4n) is 1.96. The molecule has 0 saturated carbocycles. The molecule has 0 aliphatic rings. The van der Waals surface area contributed by atoms with E-state index < -0.39 is 5.97 Å². The molecule has 0 spiro atoms. The molecule has 0 amide bonds. The molecule has 0 bridgehead atoms. The van der Waals surface area contributed by atoms with Crippen molar-refractivity contribution in [2.75, 3.05) is 5.32 Å². The lowest BCUT2D eigenvalue weighted by molar-refractivity contribution is 0.0697. The first kappa shape index (κ1) is 11.3. The van der Waals surface area contributed by atoms with E-state index in [0.717, 1.165) is 22.4 Å². The minimum atomic E-state index is -0.940. The van der Waals surface area contributed by atoms with Crippen LogP contribution in [-0.4, -0.2) is 21.0 Å². The van der Waals surface area contributed by atoms with E-state index in [2.05, 4.69) is 15.3 Å². The van der Waals surface area contributed by atoms with Crippen molar-refractivity contribution in [3.63, 3.8) is 0 Å². The fourth-order valence-corrected chi connectivity index (χ4v) is 1.96. The third-order valence-corrected chi connectivity index (χ3v) is 2.85. The number of anilines is 2. The summed E-state index contributed by atoms with van der Waals surface area (Å²) in [6, 6.07) is 10.5. The van der Waals surface area contributed by atoms with Gasteiger partial charge in [-0.3, -0.25) is 0 Å². The molecular formula is C14H11N3O2. The van der Waals surface area contributed by atoms with Gasteiger partial charge in [0.2, 0.25) is 0 Å². The molecule has 2 aromatic heterocycles. The van der Waals surface area contributed by atoms with Crippen molar-refractivity contribution in [3.05, 3.63) is 54.4 Å². The second kappa shape index (κ2) is 4.45. The molecule has 3 rings (SSSR count). The standard InChI is InChI=1S/C14H11N3O2/c18-14(19)9-2-1-3-10(8-9)17-12-5-7-16-13-11(12)4-6-15-13/h1-8H,(H,18,19)(H2,15,16,17). The highest BCUT2D eigenvalue weighted by Gasteiger charge is 2.05. The monoisotopic (exact) mass is 253 g/mol. The Kier molecular flexibility index (Phi) is 2.64. The molecule has 0 aliphatic carbocycles. The van der Waals surface area contributed by atoms with Crippen LogP contribution in [0.5, 0.6) is 0 Å². The number of fused-ring (bicyclic) bond motifs is 1. The average molecular weight is 253 g/mol. The quantitative estimate of drug-likeness (QED) is 0.670. The molecule has 5 nitrogen and oxygen atoms in total. The van der Waals surface area contributed by atoms with Gasteiger partial charge in [0, 0.05) is 23.5 Å². The highest BCUT2D eigenvalue weighted by atomic mass is 16.4. The second-order valence-corrected chi connectivity index (χ2v) is 4.11. The summed E-state index contributed by atoms with van der Waals surface area (Å²) in [5.74, 6) is -0.940. The zero-order chi connectivity index (χ0) is 13.2. The van der Waals surface area contributed by atoms with E-state index in [1.54, 1.807) is 24.4 Å². The van der Waals surface area contributed by atoms with Gasteiger partial charge < -0.3 is 15.4 Å². The molecule has 19 heavy (non-hydrogen) atoms. The van der Waals surface area contributed by atoms with Crippen molar-refractivity contribution in [2.24, 2.45) is 0 Å². The Hall–Kier alpha value is -2.82. The Bertz CT molecular complexity index is 749. The van der Waals surface area contributed by atoms with Crippen molar-refractivity contribution in [1.82, 2.24) is 9.97 Å². The van der Waals surface area contributed by atoms with E-state index in [1.807, 2.05) is 24.4 Å². The van der Waals surface area contributed by atoms with Crippen LogP contribution in [0.4, 0.5) is 11.4 Å². The van der Waals surface area contributed by atoms with E-state index in [1.165, 1.54) is 0 Å². The fraction of sp³-hybridized carbons (Fsp3) is 0. The molecule has 0 aliphatic heterocycles. The first-order chi connectivity index (χ1) is 9.24. The summed E-state index contributed by atoms with van der Waals surface area (Å²) in [4.78, 5) is 18.2. The number of aromatic nitrogens is 2. The molecule has 3 aromatic rings. The molecule has 0 unspecified atom stereocenters. The Morgan fingerprint density at radius 2 is 2.16 bits per heavy atom. The van der Waals surface area contributed by atoms with Crippen molar-refractivity contribution in [2.45, 2.75) is 0 Å².